The minimum absolute atomic E-state index is 0.632. The number of halogens is 1. The summed E-state index contributed by atoms with van der Waals surface area (Å²) in [6, 6.07) is 1.02. The predicted molar refractivity (Wildman–Crippen MR) is 65.6 cm³/mol. The van der Waals surface area contributed by atoms with E-state index in [0.717, 1.165) is 16.8 Å². The Kier molecular flexibility index (Phi) is 3.76. The lowest BCUT2D eigenvalue weighted by molar-refractivity contribution is -0.0543. The normalized spacial score (nSPS) is 32.7. The predicted octanol–water partition coefficient (Wildman–Crippen LogP) is -1.48. The summed E-state index contributed by atoms with van der Waals surface area (Å²) < 4.78 is 20.8. The van der Waals surface area contributed by atoms with E-state index in [2.05, 4.69) is 11.8 Å². The van der Waals surface area contributed by atoms with Crippen molar-refractivity contribution in [3.05, 3.63) is 33.1 Å². The molecule has 1 aliphatic heterocycles. The Morgan fingerprint density at radius 3 is 2.85 bits per heavy atom. The molecule has 1 aliphatic rings. The van der Waals surface area contributed by atoms with Gasteiger partial charge in [0.05, 0.1) is 6.61 Å². The van der Waals surface area contributed by atoms with E-state index in [4.69, 9.17) is 9.84 Å². The average molecular weight is 284 g/mol. The van der Waals surface area contributed by atoms with E-state index in [0.29, 0.717) is 0 Å². The largest absolute Gasteiger partial charge is 0.394 e. The molecule has 1 saturated heterocycles. The van der Waals surface area contributed by atoms with Gasteiger partial charge in [0.25, 0.3) is 5.56 Å². The van der Waals surface area contributed by atoms with Crippen molar-refractivity contribution in [2.75, 3.05) is 6.61 Å². The zero-order chi connectivity index (χ0) is 14.9. The molecule has 108 valence electrons. The van der Waals surface area contributed by atoms with Gasteiger partial charge in [-0.05, 0) is 6.92 Å². The monoisotopic (exact) mass is 284 g/mol. The van der Waals surface area contributed by atoms with Crippen LogP contribution >= 0.6 is 0 Å². The van der Waals surface area contributed by atoms with Gasteiger partial charge in [-0.15, -0.1) is 5.92 Å². The van der Waals surface area contributed by atoms with E-state index in [1.54, 1.807) is 0 Å². The molecule has 4 unspecified atom stereocenters. The Labute approximate surface area is 112 Å². The molecule has 0 spiro atoms. The van der Waals surface area contributed by atoms with Crippen molar-refractivity contribution in [1.82, 2.24) is 9.55 Å². The van der Waals surface area contributed by atoms with Crippen molar-refractivity contribution in [2.24, 2.45) is 0 Å². The van der Waals surface area contributed by atoms with E-state index in [-0.39, 0.29) is 0 Å². The van der Waals surface area contributed by atoms with Gasteiger partial charge in [-0.1, -0.05) is 5.92 Å². The summed E-state index contributed by atoms with van der Waals surface area (Å²) in [5.74, 6) is 4.49. The second kappa shape index (κ2) is 5.20. The van der Waals surface area contributed by atoms with Crippen LogP contribution in [0.4, 0.5) is 4.39 Å². The molecule has 1 aromatic heterocycles. The molecule has 7 nitrogen and oxygen atoms in total. The van der Waals surface area contributed by atoms with Gasteiger partial charge in [0.1, 0.15) is 12.2 Å². The summed E-state index contributed by atoms with van der Waals surface area (Å²) in [5, 5.41) is 18.9. The van der Waals surface area contributed by atoms with Crippen LogP contribution in [0.25, 0.3) is 0 Å². The van der Waals surface area contributed by atoms with E-state index in [9.17, 15) is 19.1 Å². The molecule has 0 aromatic carbocycles. The number of H-pyrrole nitrogens is 1. The fraction of sp³-hybridized carbons (Fsp3) is 0.500. The third-order valence-electron chi connectivity index (χ3n) is 3.05. The minimum atomic E-state index is -2.57. The van der Waals surface area contributed by atoms with E-state index >= 15 is 0 Å². The molecular formula is C12H13FN2O5. The minimum Gasteiger partial charge on any atom is -0.394 e. The standard InChI is InChI=1S/C12H13FN2O5/c1-2-4-12(13)9(18)7(6-16)20-10(12)15-5-3-8(17)14-11(15)19/h3,5,7,9-10,16,18H,6H2,1H3,(H,14,17,19). The molecule has 2 rings (SSSR count). The lowest BCUT2D eigenvalue weighted by atomic mass is 9.96. The Morgan fingerprint density at radius 1 is 1.60 bits per heavy atom. The number of hydrogen-bond donors (Lipinski definition) is 3. The van der Waals surface area contributed by atoms with Gasteiger partial charge >= 0.3 is 5.69 Å². The summed E-state index contributed by atoms with van der Waals surface area (Å²) in [4.78, 5) is 24.7. The van der Waals surface area contributed by atoms with E-state index in [1.165, 1.54) is 6.92 Å². The highest BCUT2D eigenvalue weighted by Crippen LogP contribution is 2.40. The van der Waals surface area contributed by atoms with Crippen LogP contribution in [0.1, 0.15) is 13.2 Å². The van der Waals surface area contributed by atoms with Crippen molar-refractivity contribution in [3.63, 3.8) is 0 Å². The summed E-state index contributed by atoms with van der Waals surface area (Å²) in [6.07, 6.45) is -3.45. The van der Waals surface area contributed by atoms with Gasteiger partial charge in [-0.25, -0.2) is 9.18 Å². The van der Waals surface area contributed by atoms with Crippen LogP contribution in [0.15, 0.2) is 21.9 Å². The third-order valence-corrected chi connectivity index (χ3v) is 3.05. The Morgan fingerprint density at radius 2 is 2.30 bits per heavy atom. The molecular weight excluding hydrogens is 271 g/mol. The molecule has 0 bridgehead atoms. The van der Waals surface area contributed by atoms with Gasteiger partial charge in [0, 0.05) is 12.3 Å². The number of aromatic amines is 1. The van der Waals surface area contributed by atoms with Crippen LogP contribution in [0, 0.1) is 11.8 Å². The first-order chi connectivity index (χ1) is 9.43. The van der Waals surface area contributed by atoms with Crippen LogP contribution in [0.5, 0.6) is 0 Å². The zero-order valence-electron chi connectivity index (χ0n) is 10.5. The van der Waals surface area contributed by atoms with Gasteiger partial charge in [0.15, 0.2) is 6.23 Å². The van der Waals surface area contributed by atoms with Crippen LogP contribution in [-0.2, 0) is 4.74 Å². The highest BCUT2D eigenvalue weighted by Gasteiger charge is 2.57. The molecule has 0 saturated carbocycles. The molecule has 20 heavy (non-hydrogen) atoms. The summed E-state index contributed by atoms with van der Waals surface area (Å²) in [5.41, 5.74) is -4.10. The average Bonchev–Trinajstić information content (AvgIpc) is 2.63. The second-order valence-corrected chi connectivity index (χ2v) is 4.31. The molecule has 3 N–H and O–H groups in total. The Hall–Kier alpha value is -1.95. The molecule has 0 amide bonds. The highest BCUT2D eigenvalue weighted by atomic mass is 19.1. The van der Waals surface area contributed by atoms with Gasteiger partial charge in [0.2, 0.25) is 5.67 Å². The van der Waals surface area contributed by atoms with Crippen molar-refractivity contribution in [1.29, 1.82) is 0 Å². The number of aromatic nitrogens is 2. The molecule has 8 heteroatoms. The van der Waals surface area contributed by atoms with E-state index in [1.807, 2.05) is 4.98 Å². The van der Waals surface area contributed by atoms with E-state index < -0.39 is 42.0 Å². The van der Waals surface area contributed by atoms with Crippen LogP contribution in [0.3, 0.4) is 0 Å². The molecule has 0 radical (unpaired) electrons. The van der Waals surface area contributed by atoms with Gasteiger partial charge < -0.3 is 14.9 Å². The van der Waals surface area contributed by atoms with Gasteiger partial charge in [-0.3, -0.25) is 14.3 Å². The quantitative estimate of drug-likeness (QED) is 0.574. The van der Waals surface area contributed by atoms with Crippen molar-refractivity contribution in [3.8, 4) is 11.8 Å². The maximum atomic E-state index is 14.9. The maximum Gasteiger partial charge on any atom is 0.330 e. The first kappa shape index (κ1) is 14.5. The second-order valence-electron chi connectivity index (χ2n) is 4.31. The van der Waals surface area contributed by atoms with Gasteiger partial charge in [-0.2, -0.15) is 0 Å². The van der Waals surface area contributed by atoms with Crippen molar-refractivity contribution >= 4 is 0 Å². The lowest BCUT2D eigenvalue weighted by Gasteiger charge is -2.23. The molecule has 4 atom stereocenters. The van der Waals surface area contributed by atoms with Crippen LogP contribution < -0.4 is 11.2 Å². The Bertz CT molecular complexity index is 673. The smallest absolute Gasteiger partial charge is 0.330 e. The summed E-state index contributed by atoms with van der Waals surface area (Å²) in [7, 11) is 0. The number of aliphatic hydroxyl groups is 2. The Balaban J connectivity index is 2.55. The molecule has 2 heterocycles. The summed E-state index contributed by atoms with van der Waals surface area (Å²) in [6.45, 7) is 0.736. The lowest BCUT2D eigenvalue weighted by Crippen LogP contribution is -2.45. The first-order valence-electron chi connectivity index (χ1n) is 5.82. The molecule has 1 aromatic rings. The number of rotatable bonds is 2. The molecule has 1 fully saturated rings. The fourth-order valence-electron chi connectivity index (χ4n) is 2.11. The number of alkyl halides is 1. The SMILES string of the molecule is CC#CC1(F)C(O)C(CO)OC1n1ccc(=O)[nH]c1=O. The maximum absolute atomic E-state index is 14.9. The number of nitrogens with zero attached hydrogens (tertiary/aromatic N) is 1. The third kappa shape index (κ3) is 2.16. The highest BCUT2D eigenvalue weighted by molar-refractivity contribution is 5.22. The number of hydrogen-bond acceptors (Lipinski definition) is 5. The fourth-order valence-corrected chi connectivity index (χ4v) is 2.11. The number of aliphatic hydroxyl groups excluding tert-OH is 2. The number of ether oxygens (including phenoxy) is 1. The zero-order valence-corrected chi connectivity index (χ0v) is 10.5. The number of nitrogens with one attached hydrogen (secondary N) is 1. The van der Waals surface area contributed by atoms with Crippen molar-refractivity contribution < 1.29 is 19.3 Å². The topological polar surface area (TPSA) is 105 Å². The summed E-state index contributed by atoms with van der Waals surface area (Å²) >= 11 is 0. The van der Waals surface area contributed by atoms with Crippen LogP contribution in [0.2, 0.25) is 0 Å². The first-order valence-corrected chi connectivity index (χ1v) is 5.82. The van der Waals surface area contributed by atoms with Crippen molar-refractivity contribution in [2.45, 2.75) is 31.0 Å². The molecule has 0 aliphatic carbocycles. The van der Waals surface area contributed by atoms with Crippen LogP contribution in [-0.4, -0.2) is 44.2 Å².